The molecular formula is C20H19N5O3. The number of nitrogens with zero attached hydrogens (tertiary/aromatic N) is 3. The van der Waals surface area contributed by atoms with Crippen molar-refractivity contribution >= 4 is 17.8 Å². The summed E-state index contributed by atoms with van der Waals surface area (Å²) in [5.74, 6) is -0.317. The molecule has 0 unspecified atom stereocenters. The van der Waals surface area contributed by atoms with Crippen molar-refractivity contribution in [3.63, 3.8) is 0 Å². The topological polar surface area (TPSA) is 113 Å². The fraction of sp³-hybridized carbons (Fsp3) is 0.150. The standard InChI is InChI=1S/C20H19N5O3/c1-2-14-3-7-16(8-4-14)20-17(13-22-24-20)12-21-23-19(26)11-15-5-9-18(10-6-15)25(27)28/h3-10,12-13H,2,11H2,1H3,(H,22,24)(H,23,26)/b21-12-. The second-order valence-corrected chi connectivity index (χ2v) is 6.14. The van der Waals surface area contributed by atoms with E-state index < -0.39 is 4.92 Å². The first-order valence-corrected chi connectivity index (χ1v) is 8.74. The third-order valence-electron chi connectivity index (χ3n) is 4.22. The van der Waals surface area contributed by atoms with Gasteiger partial charge in [-0.15, -0.1) is 0 Å². The zero-order valence-corrected chi connectivity index (χ0v) is 15.3. The van der Waals surface area contributed by atoms with Crippen LogP contribution in [0.3, 0.4) is 0 Å². The minimum atomic E-state index is -0.480. The molecule has 0 aliphatic heterocycles. The lowest BCUT2D eigenvalue weighted by atomic mass is 10.1. The lowest BCUT2D eigenvalue weighted by Crippen LogP contribution is -2.19. The molecular weight excluding hydrogens is 358 g/mol. The summed E-state index contributed by atoms with van der Waals surface area (Å²) in [5.41, 5.74) is 6.90. The molecule has 0 saturated heterocycles. The van der Waals surface area contributed by atoms with E-state index in [-0.39, 0.29) is 18.0 Å². The second-order valence-electron chi connectivity index (χ2n) is 6.14. The lowest BCUT2D eigenvalue weighted by molar-refractivity contribution is -0.384. The van der Waals surface area contributed by atoms with Crippen molar-refractivity contribution in [1.29, 1.82) is 0 Å². The van der Waals surface area contributed by atoms with Gasteiger partial charge in [0.25, 0.3) is 5.69 Å². The molecule has 1 aromatic heterocycles. The van der Waals surface area contributed by atoms with Gasteiger partial charge in [-0.3, -0.25) is 20.0 Å². The van der Waals surface area contributed by atoms with E-state index in [1.54, 1.807) is 18.3 Å². The van der Waals surface area contributed by atoms with Gasteiger partial charge in [0.05, 0.1) is 29.4 Å². The van der Waals surface area contributed by atoms with Gasteiger partial charge in [0.15, 0.2) is 0 Å². The van der Waals surface area contributed by atoms with Crippen LogP contribution in [0, 0.1) is 10.1 Å². The molecule has 0 aliphatic rings. The molecule has 1 amide bonds. The number of carbonyl (C=O) groups excluding carboxylic acids is 1. The van der Waals surface area contributed by atoms with Crippen molar-refractivity contribution in [2.45, 2.75) is 19.8 Å². The Labute approximate surface area is 161 Å². The molecule has 0 bridgehead atoms. The van der Waals surface area contributed by atoms with Gasteiger partial charge in [0.1, 0.15) is 0 Å². The monoisotopic (exact) mass is 377 g/mol. The Morgan fingerprint density at radius 2 is 1.86 bits per heavy atom. The minimum absolute atomic E-state index is 0.0124. The number of nitro groups is 1. The van der Waals surface area contributed by atoms with Crippen LogP contribution in [-0.4, -0.2) is 27.2 Å². The first-order chi connectivity index (χ1) is 13.6. The Kier molecular flexibility index (Phi) is 5.91. The number of aromatic amines is 1. The molecule has 28 heavy (non-hydrogen) atoms. The van der Waals surface area contributed by atoms with E-state index in [4.69, 9.17) is 0 Å². The average Bonchev–Trinajstić information content (AvgIpc) is 3.17. The maximum atomic E-state index is 12.0. The molecule has 0 atom stereocenters. The van der Waals surface area contributed by atoms with Gasteiger partial charge in [0, 0.05) is 23.3 Å². The van der Waals surface area contributed by atoms with E-state index in [9.17, 15) is 14.9 Å². The van der Waals surface area contributed by atoms with E-state index in [0.717, 1.165) is 23.2 Å². The predicted octanol–water partition coefficient (Wildman–Crippen LogP) is 3.24. The van der Waals surface area contributed by atoms with Crippen LogP contribution in [0.5, 0.6) is 0 Å². The summed E-state index contributed by atoms with van der Waals surface area (Å²) in [6.45, 7) is 2.10. The molecule has 0 spiro atoms. The van der Waals surface area contributed by atoms with Crippen molar-refractivity contribution in [3.8, 4) is 11.3 Å². The highest BCUT2D eigenvalue weighted by molar-refractivity contribution is 5.89. The number of aromatic nitrogens is 2. The molecule has 0 aliphatic carbocycles. The van der Waals surface area contributed by atoms with E-state index in [1.807, 2.05) is 12.1 Å². The molecule has 3 aromatic rings. The zero-order chi connectivity index (χ0) is 19.9. The number of hydrazone groups is 1. The molecule has 142 valence electrons. The number of nitro benzene ring substituents is 1. The highest BCUT2D eigenvalue weighted by atomic mass is 16.6. The van der Waals surface area contributed by atoms with Gasteiger partial charge in [0.2, 0.25) is 5.91 Å². The number of H-pyrrole nitrogens is 1. The molecule has 0 fully saturated rings. The summed E-state index contributed by atoms with van der Waals surface area (Å²) < 4.78 is 0. The SMILES string of the molecule is CCc1ccc(-c2[nH]ncc2/C=N\NC(=O)Cc2ccc([N+](=O)[O-])cc2)cc1. The number of hydrogen-bond acceptors (Lipinski definition) is 5. The zero-order valence-electron chi connectivity index (χ0n) is 15.3. The van der Waals surface area contributed by atoms with E-state index in [1.165, 1.54) is 23.9 Å². The Bertz CT molecular complexity index is 991. The number of carbonyl (C=O) groups is 1. The molecule has 1 heterocycles. The fourth-order valence-electron chi connectivity index (χ4n) is 2.67. The van der Waals surface area contributed by atoms with Crippen LogP contribution in [0.4, 0.5) is 5.69 Å². The second kappa shape index (κ2) is 8.72. The van der Waals surface area contributed by atoms with E-state index >= 15 is 0 Å². The Hall–Kier alpha value is -3.81. The summed E-state index contributed by atoms with van der Waals surface area (Å²) in [5, 5.41) is 21.6. The number of rotatable bonds is 7. The van der Waals surface area contributed by atoms with Crippen molar-refractivity contribution in [3.05, 3.63) is 81.5 Å². The number of amides is 1. The van der Waals surface area contributed by atoms with E-state index in [2.05, 4.69) is 39.8 Å². The Balaban J connectivity index is 1.61. The number of non-ortho nitro benzene ring substituents is 1. The van der Waals surface area contributed by atoms with E-state index in [0.29, 0.717) is 5.56 Å². The molecule has 0 saturated carbocycles. The van der Waals surface area contributed by atoms with Gasteiger partial charge in [-0.05, 0) is 17.5 Å². The average molecular weight is 377 g/mol. The number of aryl methyl sites for hydroxylation is 1. The highest BCUT2D eigenvalue weighted by Gasteiger charge is 2.08. The largest absolute Gasteiger partial charge is 0.277 e. The predicted molar refractivity (Wildman–Crippen MR) is 106 cm³/mol. The van der Waals surface area contributed by atoms with Crippen LogP contribution >= 0.6 is 0 Å². The number of nitrogens with one attached hydrogen (secondary N) is 2. The maximum Gasteiger partial charge on any atom is 0.269 e. The third kappa shape index (κ3) is 4.67. The summed E-state index contributed by atoms with van der Waals surface area (Å²) in [7, 11) is 0. The van der Waals surface area contributed by atoms with Gasteiger partial charge in [-0.25, -0.2) is 5.43 Å². The molecule has 2 aromatic carbocycles. The van der Waals surface area contributed by atoms with Crippen LogP contribution in [0.25, 0.3) is 11.3 Å². The molecule has 2 N–H and O–H groups in total. The minimum Gasteiger partial charge on any atom is -0.277 e. The summed E-state index contributed by atoms with van der Waals surface area (Å²) >= 11 is 0. The Morgan fingerprint density at radius 3 is 2.50 bits per heavy atom. The maximum absolute atomic E-state index is 12.0. The van der Waals surface area contributed by atoms with Crippen molar-refractivity contribution in [2.75, 3.05) is 0 Å². The normalized spacial score (nSPS) is 10.9. The van der Waals surface area contributed by atoms with Gasteiger partial charge in [-0.1, -0.05) is 43.3 Å². The van der Waals surface area contributed by atoms with Crippen LogP contribution in [0.1, 0.15) is 23.6 Å². The Morgan fingerprint density at radius 1 is 1.18 bits per heavy atom. The molecule has 3 rings (SSSR count). The van der Waals surface area contributed by atoms with Crippen LogP contribution in [0.2, 0.25) is 0 Å². The van der Waals surface area contributed by atoms with Gasteiger partial charge >= 0.3 is 0 Å². The summed E-state index contributed by atoms with van der Waals surface area (Å²) in [4.78, 5) is 22.2. The van der Waals surface area contributed by atoms with Crippen molar-refractivity contribution in [2.24, 2.45) is 5.10 Å². The quantitative estimate of drug-likeness (QED) is 0.374. The van der Waals surface area contributed by atoms with Crippen molar-refractivity contribution in [1.82, 2.24) is 15.6 Å². The van der Waals surface area contributed by atoms with Crippen molar-refractivity contribution < 1.29 is 9.72 Å². The van der Waals surface area contributed by atoms with Crippen LogP contribution in [-0.2, 0) is 17.6 Å². The fourth-order valence-corrected chi connectivity index (χ4v) is 2.67. The van der Waals surface area contributed by atoms with Crippen LogP contribution in [0.15, 0.2) is 59.8 Å². The molecule has 0 radical (unpaired) electrons. The molecule has 8 nitrogen and oxygen atoms in total. The first kappa shape index (κ1) is 19.0. The molecule has 8 heteroatoms. The summed E-state index contributed by atoms with van der Waals surface area (Å²) in [6.07, 6.45) is 4.21. The lowest BCUT2D eigenvalue weighted by Gasteiger charge is -2.02. The smallest absolute Gasteiger partial charge is 0.269 e. The van der Waals surface area contributed by atoms with Crippen LogP contribution < -0.4 is 5.43 Å². The summed E-state index contributed by atoms with van der Waals surface area (Å²) in [6, 6.07) is 14.0. The third-order valence-corrected chi connectivity index (χ3v) is 4.22. The highest BCUT2D eigenvalue weighted by Crippen LogP contribution is 2.20. The van der Waals surface area contributed by atoms with Gasteiger partial charge in [-0.2, -0.15) is 10.2 Å². The first-order valence-electron chi connectivity index (χ1n) is 8.74. The number of benzene rings is 2. The number of hydrogen-bond donors (Lipinski definition) is 2. The van der Waals surface area contributed by atoms with Gasteiger partial charge < -0.3 is 0 Å².